The summed E-state index contributed by atoms with van der Waals surface area (Å²) in [6.07, 6.45) is 1.80. The number of hydrogen-bond acceptors (Lipinski definition) is 7. The van der Waals surface area contributed by atoms with E-state index < -0.39 is 0 Å². The van der Waals surface area contributed by atoms with Gasteiger partial charge < -0.3 is 0 Å². The van der Waals surface area contributed by atoms with Crippen molar-refractivity contribution in [1.82, 2.24) is 15.2 Å². The summed E-state index contributed by atoms with van der Waals surface area (Å²) in [4.78, 5) is 5.38. The molecule has 3 aromatic rings. The first-order valence-electron chi connectivity index (χ1n) is 4.36. The SMILES string of the molecule is c1csc(-c2nnc(Sc3nccs3)s2)c1. The Morgan fingerprint density at radius 3 is 2.81 bits per heavy atom. The van der Waals surface area contributed by atoms with Gasteiger partial charge in [0.1, 0.15) is 0 Å². The van der Waals surface area contributed by atoms with Crippen molar-refractivity contribution in [3.63, 3.8) is 0 Å². The van der Waals surface area contributed by atoms with E-state index in [1.165, 1.54) is 4.88 Å². The van der Waals surface area contributed by atoms with E-state index in [4.69, 9.17) is 0 Å². The molecule has 0 aliphatic rings. The average molecular weight is 283 g/mol. The molecule has 0 spiro atoms. The van der Waals surface area contributed by atoms with E-state index in [0.717, 1.165) is 13.7 Å². The van der Waals surface area contributed by atoms with Gasteiger partial charge in [-0.2, -0.15) is 0 Å². The molecular weight excluding hydrogens is 278 g/mol. The number of rotatable bonds is 3. The Bertz CT molecular complexity index is 555. The van der Waals surface area contributed by atoms with Crippen molar-refractivity contribution in [3.8, 4) is 9.88 Å². The third kappa shape index (κ3) is 2.17. The zero-order valence-corrected chi connectivity index (χ0v) is 11.1. The Balaban J connectivity index is 1.83. The van der Waals surface area contributed by atoms with Gasteiger partial charge in [-0.05, 0) is 23.2 Å². The molecule has 7 heteroatoms. The van der Waals surface area contributed by atoms with Crippen molar-refractivity contribution in [2.75, 3.05) is 0 Å². The first-order valence-corrected chi connectivity index (χ1v) is 7.76. The van der Waals surface area contributed by atoms with Gasteiger partial charge in [0.05, 0.1) is 4.88 Å². The molecule has 0 saturated heterocycles. The van der Waals surface area contributed by atoms with Gasteiger partial charge in [0.2, 0.25) is 0 Å². The first-order chi connectivity index (χ1) is 7.92. The summed E-state index contributed by atoms with van der Waals surface area (Å²) < 4.78 is 1.95. The third-order valence-corrected chi connectivity index (χ3v) is 5.62. The van der Waals surface area contributed by atoms with Crippen LogP contribution in [0.15, 0.2) is 37.8 Å². The second kappa shape index (κ2) is 4.62. The predicted molar refractivity (Wildman–Crippen MR) is 69.5 cm³/mol. The van der Waals surface area contributed by atoms with Crippen LogP contribution in [0.2, 0.25) is 0 Å². The minimum absolute atomic E-state index is 0.943. The minimum atomic E-state index is 0.943. The number of hydrogen-bond donors (Lipinski definition) is 0. The summed E-state index contributed by atoms with van der Waals surface area (Å²) in [5, 5.41) is 13.3. The van der Waals surface area contributed by atoms with Gasteiger partial charge >= 0.3 is 0 Å². The van der Waals surface area contributed by atoms with Crippen LogP contribution in [0, 0.1) is 0 Å². The molecule has 0 aromatic carbocycles. The molecule has 0 fully saturated rings. The molecule has 3 nitrogen and oxygen atoms in total. The Kier molecular flexibility index (Phi) is 3.00. The highest BCUT2D eigenvalue weighted by atomic mass is 32.2. The molecule has 0 aliphatic heterocycles. The minimum Gasteiger partial charge on any atom is -0.238 e. The molecule has 0 amide bonds. The van der Waals surface area contributed by atoms with Gasteiger partial charge in [0, 0.05) is 11.6 Å². The topological polar surface area (TPSA) is 38.7 Å². The van der Waals surface area contributed by atoms with Crippen molar-refractivity contribution in [2.24, 2.45) is 0 Å². The highest BCUT2D eigenvalue weighted by Crippen LogP contribution is 2.35. The quantitative estimate of drug-likeness (QED) is 0.731. The summed E-state index contributed by atoms with van der Waals surface area (Å²) in [7, 11) is 0. The molecule has 3 heterocycles. The normalized spacial score (nSPS) is 10.8. The van der Waals surface area contributed by atoms with Crippen LogP contribution in [-0.2, 0) is 0 Å². The van der Waals surface area contributed by atoms with Crippen LogP contribution in [0.4, 0.5) is 0 Å². The van der Waals surface area contributed by atoms with E-state index in [0.29, 0.717) is 0 Å². The van der Waals surface area contributed by atoms with Crippen LogP contribution >= 0.6 is 45.8 Å². The lowest BCUT2D eigenvalue weighted by molar-refractivity contribution is 1.01. The number of aromatic nitrogens is 3. The third-order valence-electron chi connectivity index (χ3n) is 1.72. The number of thiophene rings is 1. The van der Waals surface area contributed by atoms with Crippen LogP contribution in [0.25, 0.3) is 9.88 Å². The monoisotopic (exact) mass is 283 g/mol. The van der Waals surface area contributed by atoms with E-state index in [1.54, 1.807) is 52.0 Å². The molecule has 3 aromatic heterocycles. The molecule has 16 heavy (non-hydrogen) atoms. The van der Waals surface area contributed by atoms with E-state index in [9.17, 15) is 0 Å². The fourth-order valence-electron chi connectivity index (χ4n) is 1.09. The van der Waals surface area contributed by atoms with E-state index in [-0.39, 0.29) is 0 Å². The van der Waals surface area contributed by atoms with Crippen LogP contribution in [0.5, 0.6) is 0 Å². The second-order valence-corrected chi connectivity index (χ2v) is 7.06. The molecule has 0 aliphatic carbocycles. The maximum atomic E-state index is 4.21. The van der Waals surface area contributed by atoms with Crippen LogP contribution in [-0.4, -0.2) is 15.2 Å². The van der Waals surface area contributed by atoms with Gasteiger partial charge in [-0.15, -0.1) is 32.9 Å². The molecule has 0 bridgehead atoms. The summed E-state index contributed by atoms with van der Waals surface area (Å²) in [6, 6.07) is 4.08. The van der Waals surface area contributed by atoms with E-state index in [1.807, 2.05) is 16.8 Å². The highest BCUT2D eigenvalue weighted by molar-refractivity contribution is 8.02. The van der Waals surface area contributed by atoms with E-state index >= 15 is 0 Å². The Morgan fingerprint density at radius 2 is 2.06 bits per heavy atom. The lowest BCUT2D eigenvalue weighted by Gasteiger charge is -1.86. The van der Waals surface area contributed by atoms with Gasteiger partial charge in [0.15, 0.2) is 13.7 Å². The average Bonchev–Trinajstić information content (AvgIpc) is 2.99. The lowest BCUT2D eigenvalue weighted by atomic mass is 10.5. The standard InChI is InChI=1S/C9H5N3S4/c1-2-6(13-4-1)7-11-12-9(15-7)16-8-10-3-5-14-8/h1-5H. The molecular formula is C9H5N3S4. The Morgan fingerprint density at radius 1 is 1.06 bits per heavy atom. The molecule has 3 rings (SSSR count). The maximum absolute atomic E-state index is 4.21. The predicted octanol–water partition coefficient (Wildman–Crippen LogP) is 3.87. The fourth-order valence-corrected chi connectivity index (χ4v) is 4.55. The van der Waals surface area contributed by atoms with Crippen LogP contribution in [0.1, 0.15) is 0 Å². The Hall–Kier alpha value is -0.760. The lowest BCUT2D eigenvalue weighted by Crippen LogP contribution is -1.71. The Labute approximate surface area is 108 Å². The van der Waals surface area contributed by atoms with Crippen molar-refractivity contribution >= 4 is 45.8 Å². The maximum Gasteiger partial charge on any atom is 0.181 e. The van der Waals surface area contributed by atoms with Crippen LogP contribution < -0.4 is 0 Å². The highest BCUT2D eigenvalue weighted by Gasteiger charge is 2.09. The van der Waals surface area contributed by atoms with Gasteiger partial charge in [-0.25, -0.2) is 4.98 Å². The smallest absolute Gasteiger partial charge is 0.181 e. The zero-order valence-electron chi connectivity index (χ0n) is 7.86. The first kappa shape index (κ1) is 10.4. The van der Waals surface area contributed by atoms with Gasteiger partial charge in [-0.3, -0.25) is 0 Å². The molecule has 0 atom stereocenters. The van der Waals surface area contributed by atoms with Crippen molar-refractivity contribution in [1.29, 1.82) is 0 Å². The summed E-state index contributed by atoms with van der Waals surface area (Å²) in [6.45, 7) is 0. The summed E-state index contributed by atoms with van der Waals surface area (Å²) in [5.74, 6) is 0. The van der Waals surface area contributed by atoms with Gasteiger partial charge in [0.25, 0.3) is 0 Å². The van der Waals surface area contributed by atoms with Crippen molar-refractivity contribution in [2.45, 2.75) is 8.68 Å². The largest absolute Gasteiger partial charge is 0.238 e. The molecule has 0 unspecified atom stereocenters. The molecule has 80 valence electrons. The van der Waals surface area contributed by atoms with Crippen LogP contribution in [0.3, 0.4) is 0 Å². The van der Waals surface area contributed by atoms with Gasteiger partial charge in [-0.1, -0.05) is 17.4 Å². The molecule has 0 N–H and O–H groups in total. The van der Waals surface area contributed by atoms with Crippen molar-refractivity contribution in [3.05, 3.63) is 29.1 Å². The summed E-state index contributed by atoms with van der Waals surface area (Å²) in [5.41, 5.74) is 0. The zero-order chi connectivity index (χ0) is 10.8. The van der Waals surface area contributed by atoms with Crippen molar-refractivity contribution < 1.29 is 0 Å². The second-order valence-electron chi connectivity index (χ2n) is 2.75. The van der Waals surface area contributed by atoms with E-state index in [2.05, 4.69) is 21.2 Å². The fraction of sp³-hybridized carbons (Fsp3) is 0. The molecule has 0 saturated carbocycles. The molecule has 0 radical (unpaired) electrons. The number of thiazole rings is 1. The number of nitrogens with zero attached hydrogens (tertiary/aromatic N) is 3. The summed E-state index contributed by atoms with van der Waals surface area (Å²) >= 11 is 6.48.